The first-order valence-electron chi connectivity index (χ1n) is 31.9. The molecule has 0 saturated carbocycles. The monoisotopic (exact) mass is 1130 g/mol. The van der Waals surface area contributed by atoms with E-state index in [0.717, 1.165) is 122 Å². The highest BCUT2D eigenvalue weighted by Gasteiger charge is 2.27. The van der Waals surface area contributed by atoms with E-state index in [9.17, 15) is 19.0 Å². The highest BCUT2D eigenvalue weighted by Crippen LogP contribution is 2.43. The van der Waals surface area contributed by atoms with E-state index in [1.807, 2.05) is 21.1 Å². The molecule has 9 nitrogen and oxygen atoms in total. The van der Waals surface area contributed by atoms with Crippen molar-refractivity contribution in [2.24, 2.45) is 0 Å². The van der Waals surface area contributed by atoms with Gasteiger partial charge in [-0.25, -0.2) is 4.57 Å². The fourth-order valence-corrected chi connectivity index (χ4v) is 9.08. The molecule has 0 radical (unpaired) electrons. The average Bonchev–Trinajstić information content (AvgIpc) is 3.42. The van der Waals surface area contributed by atoms with Crippen molar-refractivity contribution in [3.8, 4) is 0 Å². The number of carbonyl (C=O) groups is 2. The van der Waals surface area contributed by atoms with E-state index < -0.39 is 26.5 Å². The fraction of sp³-hybridized carbons (Fsp3) is 0.657. The van der Waals surface area contributed by atoms with Crippen LogP contribution in [0.3, 0.4) is 0 Å². The summed E-state index contributed by atoms with van der Waals surface area (Å²) in [5, 5.41) is 0. The Labute approximate surface area is 491 Å². The van der Waals surface area contributed by atoms with Crippen LogP contribution in [0.25, 0.3) is 0 Å². The van der Waals surface area contributed by atoms with E-state index in [1.54, 1.807) is 0 Å². The lowest BCUT2D eigenvalue weighted by atomic mass is 10.0. The molecule has 0 rings (SSSR count). The summed E-state index contributed by atoms with van der Waals surface area (Å²) in [6, 6.07) is 0. The maximum Gasteiger partial charge on any atom is 0.472 e. The Bertz CT molecular complexity index is 1810. The van der Waals surface area contributed by atoms with E-state index in [2.05, 4.69) is 148 Å². The third kappa shape index (κ3) is 63.3. The predicted molar refractivity (Wildman–Crippen MR) is 344 cm³/mol. The van der Waals surface area contributed by atoms with Crippen LogP contribution in [0.2, 0.25) is 0 Å². The smallest absolute Gasteiger partial charge is 0.462 e. The molecule has 456 valence electrons. The number of phosphoric acid groups is 1. The van der Waals surface area contributed by atoms with Gasteiger partial charge in [0.2, 0.25) is 0 Å². The van der Waals surface area contributed by atoms with E-state index in [-0.39, 0.29) is 32.0 Å². The number of rotatable bonds is 57. The van der Waals surface area contributed by atoms with Crippen molar-refractivity contribution in [3.05, 3.63) is 134 Å². The minimum Gasteiger partial charge on any atom is -0.462 e. The summed E-state index contributed by atoms with van der Waals surface area (Å²) in [7, 11) is 1.46. The van der Waals surface area contributed by atoms with Crippen LogP contribution in [0.5, 0.6) is 0 Å². The van der Waals surface area contributed by atoms with Gasteiger partial charge in [-0.15, -0.1) is 0 Å². The average molecular weight is 1130 g/mol. The quantitative estimate of drug-likeness (QED) is 0.0211. The Hall–Kier alpha value is -3.85. The minimum absolute atomic E-state index is 0.0245. The van der Waals surface area contributed by atoms with E-state index in [0.29, 0.717) is 17.4 Å². The van der Waals surface area contributed by atoms with Gasteiger partial charge in [-0.3, -0.25) is 18.6 Å². The van der Waals surface area contributed by atoms with Gasteiger partial charge in [0.05, 0.1) is 27.7 Å². The van der Waals surface area contributed by atoms with Crippen LogP contribution in [-0.2, 0) is 32.7 Å². The number of hydrogen-bond acceptors (Lipinski definition) is 7. The number of quaternary nitrogens is 1. The topological polar surface area (TPSA) is 108 Å². The first kappa shape index (κ1) is 76.1. The molecule has 80 heavy (non-hydrogen) atoms. The van der Waals surface area contributed by atoms with Crippen LogP contribution in [0.15, 0.2) is 134 Å². The molecule has 0 heterocycles. The molecule has 0 amide bonds. The van der Waals surface area contributed by atoms with Crippen molar-refractivity contribution in [1.82, 2.24) is 0 Å². The molecule has 0 saturated heterocycles. The number of phosphoric ester groups is 1. The molecule has 0 aromatic heterocycles. The largest absolute Gasteiger partial charge is 0.472 e. The first-order valence-corrected chi connectivity index (χ1v) is 33.4. The normalized spacial score (nSPS) is 14.1. The van der Waals surface area contributed by atoms with E-state index >= 15 is 0 Å². The summed E-state index contributed by atoms with van der Waals surface area (Å²) in [4.78, 5) is 35.7. The van der Waals surface area contributed by atoms with Crippen molar-refractivity contribution < 1.29 is 42.1 Å². The van der Waals surface area contributed by atoms with Crippen LogP contribution < -0.4 is 0 Å². The Balaban J connectivity index is 4.06. The van der Waals surface area contributed by atoms with Gasteiger partial charge in [0.1, 0.15) is 19.8 Å². The third-order valence-corrected chi connectivity index (χ3v) is 14.2. The molecule has 2 unspecified atom stereocenters. The molecular weight excluding hydrogens is 1010 g/mol. The fourth-order valence-electron chi connectivity index (χ4n) is 8.34. The molecule has 0 aliphatic heterocycles. The molecular formula is C70H119NO8P+. The van der Waals surface area contributed by atoms with Gasteiger partial charge >= 0.3 is 19.8 Å². The van der Waals surface area contributed by atoms with Gasteiger partial charge in [0.15, 0.2) is 6.10 Å². The molecule has 1 N–H and O–H groups in total. The number of hydrogen-bond donors (Lipinski definition) is 1. The molecule has 2 atom stereocenters. The summed E-state index contributed by atoms with van der Waals surface area (Å²) < 4.78 is 34.6. The van der Waals surface area contributed by atoms with E-state index in [1.165, 1.54) is 89.9 Å². The van der Waals surface area contributed by atoms with Gasteiger partial charge in [0.25, 0.3) is 0 Å². The minimum atomic E-state index is -4.40. The zero-order valence-electron chi connectivity index (χ0n) is 51.8. The summed E-state index contributed by atoms with van der Waals surface area (Å²) in [5.74, 6) is -0.813. The summed E-state index contributed by atoms with van der Waals surface area (Å²) in [6.45, 7) is 4.19. The summed E-state index contributed by atoms with van der Waals surface area (Å²) in [6.07, 6.45) is 86.8. The van der Waals surface area contributed by atoms with Gasteiger partial charge in [0, 0.05) is 12.8 Å². The van der Waals surface area contributed by atoms with Crippen LogP contribution >= 0.6 is 7.82 Å². The van der Waals surface area contributed by atoms with Gasteiger partial charge in [-0.05, 0) is 109 Å². The maximum atomic E-state index is 12.8. The van der Waals surface area contributed by atoms with Crippen molar-refractivity contribution in [2.75, 3.05) is 47.5 Å². The SMILES string of the molecule is CC/C=C\C/C=C\C/C=C\C/C=C\C/C=C\C/C=C\C/C=C\C/C=C\CCCCCCCCCCCCCCCCC(=O)OC(COC(=O)CCCCCCCCC/C=C\C/C=C\C/C=C\CC)COP(=O)(O)OCC[N+](C)(C)C. The van der Waals surface area contributed by atoms with Crippen LogP contribution in [0, 0.1) is 0 Å². The second-order valence-electron chi connectivity index (χ2n) is 22.0. The zero-order chi connectivity index (χ0) is 58.4. The van der Waals surface area contributed by atoms with Crippen LogP contribution in [0.4, 0.5) is 0 Å². The molecule has 0 fully saturated rings. The number of nitrogens with zero attached hydrogens (tertiary/aromatic N) is 1. The van der Waals surface area contributed by atoms with Gasteiger partial charge in [-0.1, -0.05) is 257 Å². The lowest BCUT2D eigenvalue weighted by Crippen LogP contribution is -2.37. The van der Waals surface area contributed by atoms with E-state index in [4.69, 9.17) is 18.5 Å². The number of carbonyl (C=O) groups excluding carboxylic acids is 2. The molecule has 0 aliphatic carbocycles. The highest BCUT2D eigenvalue weighted by molar-refractivity contribution is 7.47. The summed E-state index contributed by atoms with van der Waals surface area (Å²) in [5.41, 5.74) is 0. The number of unbranched alkanes of at least 4 members (excludes halogenated alkanes) is 21. The molecule has 0 spiro atoms. The Kier molecular flexibility index (Phi) is 56.9. The van der Waals surface area contributed by atoms with Crippen molar-refractivity contribution >= 4 is 19.8 Å². The lowest BCUT2D eigenvalue weighted by Gasteiger charge is -2.24. The Morgan fingerprint density at radius 3 is 1.00 bits per heavy atom. The number of allylic oxidation sites excluding steroid dienone is 22. The molecule has 0 bridgehead atoms. The second kappa shape index (κ2) is 59.8. The van der Waals surface area contributed by atoms with Crippen LogP contribution in [0.1, 0.15) is 245 Å². The number of ether oxygens (including phenoxy) is 2. The Morgan fingerprint density at radius 1 is 0.388 bits per heavy atom. The molecule has 10 heteroatoms. The predicted octanol–water partition coefficient (Wildman–Crippen LogP) is 20.5. The van der Waals surface area contributed by atoms with Crippen molar-refractivity contribution in [3.63, 3.8) is 0 Å². The third-order valence-electron chi connectivity index (χ3n) is 13.2. The van der Waals surface area contributed by atoms with Crippen molar-refractivity contribution in [1.29, 1.82) is 0 Å². The second-order valence-corrected chi connectivity index (χ2v) is 23.5. The van der Waals surface area contributed by atoms with Gasteiger partial charge < -0.3 is 18.9 Å². The maximum absolute atomic E-state index is 12.8. The summed E-state index contributed by atoms with van der Waals surface area (Å²) >= 11 is 0. The van der Waals surface area contributed by atoms with Crippen molar-refractivity contribution in [2.45, 2.75) is 251 Å². The first-order chi connectivity index (χ1) is 39.0. The molecule has 0 aliphatic rings. The van der Waals surface area contributed by atoms with Gasteiger partial charge in [-0.2, -0.15) is 0 Å². The lowest BCUT2D eigenvalue weighted by molar-refractivity contribution is -0.870. The standard InChI is InChI=1S/C70H118NO8P/c1-6-8-10-12-14-16-18-20-22-24-25-26-27-28-29-30-31-32-33-34-35-36-37-38-39-40-41-42-43-44-45-47-49-51-53-55-57-59-61-63-70(73)79-68(67-78-80(74,75)77-65-64-71(3,4)5)66-76-69(72)62-60-58-56-54-52-50-48-46-23-21-19-17-15-13-11-9-7-2/h8-11,14-17,20-23,25-26,28-29,31-32,34-35,37-38,68H,6-7,12-13,18-19,24,27,30,33,36,39-67H2,1-5H3/p+1/b10-8-,11-9-,16-14-,17-15-,22-20-,23-21-,26-25-,29-28-,32-31-,35-34-,38-37-. The molecule has 0 aromatic rings. The zero-order valence-corrected chi connectivity index (χ0v) is 52.7. The highest BCUT2D eigenvalue weighted by atomic mass is 31.2. The number of esters is 2. The number of likely N-dealkylation sites (N-methyl/N-ethyl adjacent to an activating group) is 1. The molecule has 0 aromatic carbocycles. The Morgan fingerprint density at radius 2 is 0.675 bits per heavy atom. The van der Waals surface area contributed by atoms with Crippen LogP contribution in [-0.4, -0.2) is 74.9 Å².